The van der Waals surface area contributed by atoms with Gasteiger partial charge in [-0.15, -0.1) is 0 Å². The summed E-state index contributed by atoms with van der Waals surface area (Å²) >= 11 is 0. The van der Waals surface area contributed by atoms with Gasteiger partial charge in [0.05, 0.1) is 0 Å². The van der Waals surface area contributed by atoms with E-state index in [1.54, 1.807) is 51.4 Å². The van der Waals surface area contributed by atoms with E-state index < -0.39 is 0 Å². The molecule has 0 aliphatic heterocycles. The van der Waals surface area contributed by atoms with Crippen LogP contribution in [0.5, 0.6) is 0 Å². The van der Waals surface area contributed by atoms with Gasteiger partial charge in [-0.25, -0.2) is 0 Å². The van der Waals surface area contributed by atoms with Crippen LogP contribution in [0.2, 0.25) is 0 Å². The van der Waals surface area contributed by atoms with E-state index in [2.05, 4.69) is 20.8 Å². The van der Waals surface area contributed by atoms with Gasteiger partial charge in [0.25, 0.3) is 0 Å². The molecule has 0 aromatic rings. The summed E-state index contributed by atoms with van der Waals surface area (Å²) in [6, 6.07) is 0. The van der Waals surface area contributed by atoms with Crippen LogP contribution in [0.25, 0.3) is 0 Å². The lowest BCUT2D eigenvalue weighted by atomic mass is 9.45. The largest absolute Gasteiger partial charge is 0.0651 e. The number of rotatable bonds is 1. The zero-order chi connectivity index (χ0) is 14.7. The Bertz CT molecular complexity index is 399. The van der Waals surface area contributed by atoms with Crippen molar-refractivity contribution in [3.05, 3.63) is 0 Å². The Balaban J connectivity index is 1.62. The number of fused-ring (bicyclic) bond motifs is 5. The van der Waals surface area contributed by atoms with Crippen molar-refractivity contribution in [2.24, 2.45) is 40.4 Å². The Kier molecular flexibility index (Phi) is 3.47. The smallest absolute Gasteiger partial charge is 0.0266 e. The minimum atomic E-state index is 0.716. The number of hydrogen-bond donors (Lipinski definition) is 0. The van der Waals surface area contributed by atoms with Gasteiger partial charge in [0.15, 0.2) is 0 Å². The van der Waals surface area contributed by atoms with E-state index in [-0.39, 0.29) is 0 Å². The molecule has 0 N–H and O–H groups in total. The molecule has 0 aromatic carbocycles. The summed E-state index contributed by atoms with van der Waals surface area (Å²) in [5.74, 6) is 5.39. The molecule has 0 nitrogen and oxygen atoms in total. The summed E-state index contributed by atoms with van der Waals surface area (Å²) in [6.45, 7) is 7.84. The van der Waals surface area contributed by atoms with Gasteiger partial charge in [0, 0.05) is 0 Å². The fourth-order valence-corrected chi connectivity index (χ4v) is 8.07. The SMILES string of the molecule is CC[C@H]1CC[C@H]2[C@@H]3CC[C@H]4CCCC[C@]4(C)[C@H]3CCC12C. The first-order valence-electron chi connectivity index (χ1n) is 10.1. The van der Waals surface area contributed by atoms with Crippen LogP contribution in [0.15, 0.2) is 0 Å². The van der Waals surface area contributed by atoms with Crippen LogP contribution >= 0.6 is 0 Å². The van der Waals surface area contributed by atoms with Crippen LogP contribution < -0.4 is 0 Å². The average molecular weight is 289 g/mol. The minimum absolute atomic E-state index is 0.716. The summed E-state index contributed by atoms with van der Waals surface area (Å²) in [6.07, 6.45) is 17.0. The van der Waals surface area contributed by atoms with Crippen molar-refractivity contribution in [3.8, 4) is 0 Å². The van der Waals surface area contributed by atoms with E-state index in [0.717, 1.165) is 35.0 Å². The molecule has 0 saturated heterocycles. The van der Waals surface area contributed by atoms with Gasteiger partial charge >= 0.3 is 0 Å². The van der Waals surface area contributed by atoms with Crippen LogP contribution in [-0.2, 0) is 0 Å². The highest BCUT2D eigenvalue weighted by molar-refractivity contribution is 5.08. The van der Waals surface area contributed by atoms with Crippen molar-refractivity contribution in [3.63, 3.8) is 0 Å². The third kappa shape index (κ3) is 1.93. The fourth-order valence-electron chi connectivity index (χ4n) is 8.07. The highest BCUT2D eigenvalue weighted by atomic mass is 14.6. The lowest BCUT2D eigenvalue weighted by molar-refractivity contribution is -0.110. The van der Waals surface area contributed by atoms with E-state index in [0.29, 0.717) is 5.41 Å². The molecule has 4 fully saturated rings. The van der Waals surface area contributed by atoms with E-state index in [1.807, 2.05) is 0 Å². The molecule has 4 aliphatic carbocycles. The molecule has 0 heterocycles. The molecule has 0 amide bonds. The van der Waals surface area contributed by atoms with E-state index >= 15 is 0 Å². The predicted octanol–water partition coefficient (Wildman–Crippen LogP) is 6.45. The van der Waals surface area contributed by atoms with Crippen LogP contribution in [0, 0.1) is 40.4 Å². The lowest BCUT2D eigenvalue weighted by Crippen LogP contribution is -2.52. The molecular weight excluding hydrogens is 252 g/mol. The van der Waals surface area contributed by atoms with Crippen LogP contribution in [-0.4, -0.2) is 0 Å². The monoisotopic (exact) mass is 288 g/mol. The van der Waals surface area contributed by atoms with Gasteiger partial charge in [-0.05, 0) is 91.8 Å². The quantitative estimate of drug-likeness (QED) is 0.520. The standard InChI is InChI=1S/C21H36/c1-4-15-9-11-18-17-10-8-16-7-5-6-13-20(16,2)19(17)12-14-21(15,18)3/h15-19H,4-14H2,1-3H3/t15-,16+,17-,18-,19-,20-,21?/m0/s1. The Morgan fingerprint density at radius 2 is 1.57 bits per heavy atom. The van der Waals surface area contributed by atoms with Gasteiger partial charge in [-0.2, -0.15) is 0 Å². The molecule has 0 spiro atoms. The van der Waals surface area contributed by atoms with Gasteiger partial charge in [0.2, 0.25) is 0 Å². The maximum Gasteiger partial charge on any atom is -0.0266 e. The second-order valence-corrected chi connectivity index (χ2v) is 9.63. The minimum Gasteiger partial charge on any atom is -0.0651 e. The molecule has 4 rings (SSSR count). The maximum atomic E-state index is 2.71. The Hall–Kier alpha value is 0. The van der Waals surface area contributed by atoms with Crippen LogP contribution in [0.3, 0.4) is 0 Å². The first-order chi connectivity index (χ1) is 10.1. The van der Waals surface area contributed by atoms with Crippen molar-refractivity contribution < 1.29 is 0 Å². The predicted molar refractivity (Wildman–Crippen MR) is 90.1 cm³/mol. The molecule has 0 bridgehead atoms. The first-order valence-corrected chi connectivity index (χ1v) is 10.1. The Morgan fingerprint density at radius 3 is 2.38 bits per heavy atom. The van der Waals surface area contributed by atoms with E-state index in [4.69, 9.17) is 0 Å². The maximum absolute atomic E-state index is 2.71. The van der Waals surface area contributed by atoms with Gasteiger partial charge in [-0.3, -0.25) is 0 Å². The normalized spacial score (nSPS) is 56.4. The first kappa shape index (κ1) is 14.6. The molecule has 0 radical (unpaired) electrons. The molecule has 4 aliphatic rings. The van der Waals surface area contributed by atoms with Crippen molar-refractivity contribution in [2.45, 2.75) is 91.4 Å². The van der Waals surface area contributed by atoms with Gasteiger partial charge in [-0.1, -0.05) is 40.0 Å². The second-order valence-electron chi connectivity index (χ2n) is 9.63. The molecule has 0 heteroatoms. The summed E-state index contributed by atoms with van der Waals surface area (Å²) in [7, 11) is 0. The third-order valence-corrected chi connectivity index (χ3v) is 9.27. The number of hydrogen-bond acceptors (Lipinski definition) is 0. The van der Waals surface area contributed by atoms with Gasteiger partial charge < -0.3 is 0 Å². The third-order valence-electron chi connectivity index (χ3n) is 9.27. The second kappa shape index (κ2) is 5.00. The zero-order valence-electron chi connectivity index (χ0n) is 14.7. The average Bonchev–Trinajstić information content (AvgIpc) is 2.83. The summed E-state index contributed by atoms with van der Waals surface area (Å²) < 4.78 is 0. The van der Waals surface area contributed by atoms with Crippen molar-refractivity contribution in [2.75, 3.05) is 0 Å². The van der Waals surface area contributed by atoms with Gasteiger partial charge in [0.1, 0.15) is 0 Å². The van der Waals surface area contributed by atoms with E-state index in [1.165, 1.54) is 19.3 Å². The summed E-state index contributed by atoms with van der Waals surface area (Å²) in [5.41, 5.74) is 1.45. The van der Waals surface area contributed by atoms with Crippen LogP contribution in [0.1, 0.15) is 91.4 Å². The van der Waals surface area contributed by atoms with Crippen molar-refractivity contribution in [1.82, 2.24) is 0 Å². The van der Waals surface area contributed by atoms with Crippen molar-refractivity contribution >= 4 is 0 Å². The Labute approximate surface area is 132 Å². The Morgan fingerprint density at radius 1 is 0.762 bits per heavy atom. The molecule has 4 saturated carbocycles. The molecule has 120 valence electrons. The summed E-state index contributed by atoms with van der Waals surface area (Å²) in [5, 5.41) is 0. The fraction of sp³-hybridized carbons (Fsp3) is 1.00. The molecular formula is C21H36. The lowest BCUT2D eigenvalue weighted by Gasteiger charge is -2.60. The highest BCUT2D eigenvalue weighted by Gasteiger charge is 2.59. The topological polar surface area (TPSA) is 0 Å². The molecule has 0 aromatic heterocycles. The van der Waals surface area contributed by atoms with Crippen molar-refractivity contribution in [1.29, 1.82) is 0 Å². The molecule has 1 unspecified atom stereocenters. The summed E-state index contributed by atoms with van der Waals surface area (Å²) in [4.78, 5) is 0. The van der Waals surface area contributed by atoms with E-state index in [9.17, 15) is 0 Å². The zero-order valence-corrected chi connectivity index (χ0v) is 14.7. The molecule has 7 atom stereocenters. The van der Waals surface area contributed by atoms with Crippen LogP contribution in [0.4, 0.5) is 0 Å². The highest BCUT2D eigenvalue weighted by Crippen LogP contribution is 2.67. The molecule has 21 heavy (non-hydrogen) atoms.